The van der Waals surface area contributed by atoms with Crippen molar-refractivity contribution in [3.05, 3.63) is 23.1 Å². The van der Waals surface area contributed by atoms with Crippen LogP contribution in [0.15, 0.2) is 11.6 Å². The van der Waals surface area contributed by atoms with Gasteiger partial charge in [0.1, 0.15) is 17.2 Å². The minimum atomic E-state index is 0.116. The van der Waals surface area contributed by atoms with E-state index in [0.717, 1.165) is 31.5 Å². The Morgan fingerprint density at radius 1 is 1.40 bits per heavy atom. The molecule has 9 heteroatoms. The predicted molar refractivity (Wildman–Crippen MR) is 96.8 cm³/mol. The lowest BCUT2D eigenvalue weighted by Gasteiger charge is -2.35. The van der Waals surface area contributed by atoms with Gasteiger partial charge in [0.25, 0.3) is 0 Å². The molecule has 1 saturated heterocycles. The number of carbonyl (C=O) groups is 1. The van der Waals surface area contributed by atoms with Crippen molar-refractivity contribution in [3.8, 4) is 0 Å². The van der Waals surface area contributed by atoms with Gasteiger partial charge in [-0.3, -0.25) is 9.69 Å². The maximum Gasteiger partial charge on any atom is 0.236 e. The van der Waals surface area contributed by atoms with E-state index in [1.165, 1.54) is 11.3 Å². The van der Waals surface area contributed by atoms with Crippen molar-refractivity contribution >= 4 is 28.2 Å². The molecular formula is C16H23N7OS. The molecule has 1 N–H and O–H groups in total. The number of amides is 1. The van der Waals surface area contributed by atoms with Crippen LogP contribution in [0.25, 0.3) is 0 Å². The SMILES string of the molecule is Cc1nc(Nc2nncs2)cc([C@H]2CCCCN2CC(=O)N(C)C)n1. The molecule has 3 rings (SSSR count). The first-order valence-electron chi connectivity index (χ1n) is 8.36. The number of rotatable bonds is 5. The zero-order valence-electron chi connectivity index (χ0n) is 14.8. The van der Waals surface area contributed by atoms with Crippen molar-refractivity contribution in [3.63, 3.8) is 0 Å². The third-order valence-electron chi connectivity index (χ3n) is 4.25. The molecule has 1 fully saturated rings. The Morgan fingerprint density at radius 2 is 2.24 bits per heavy atom. The Hall–Kier alpha value is -2.13. The van der Waals surface area contributed by atoms with Crippen LogP contribution in [0.5, 0.6) is 0 Å². The number of nitrogens with one attached hydrogen (secondary N) is 1. The van der Waals surface area contributed by atoms with E-state index in [9.17, 15) is 4.79 Å². The molecule has 0 spiro atoms. The number of aromatic nitrogens is 4. The highest BCUT2D eigenvalue weighted by atomic mass is 32.1. The lowest BCUT2D eigenvalue weighted by molar-refractivity contribution is -0.130. The second-order valence-electron chi connectivity index (χ2n) is 6.36. The third-order valence-corrected chi connectivity index (χ3v) is 4.85. The Morgan fingerprint density at radius 3 is 2.96 bits per heavy atom. The Balaban J connectivity index is 1.82. The van der Waals surface area contributed by atoms with Crippen LogP contribution < -0.4 is 5.32 Å². The van der Waals surface area contributed by atoms with E-state index in [1.807, 2.05) is 13.0 Å². The monoisotopic (exact) mass is 361 g/mol. The highest BCUT2D eigenvalue weighted by Gasteiger charge is 2.27. The van der Waals surface area contributed by atoms with Gasteiger partial charge in [0, 0.05) is 20.2 Å². The third kappa shape index (κ3) is 4.49. The van der Waals surface area contributed by atoms with Gasteiger partial charge in [-0.2, -0.15) is 0 Å². The molecular weight excluding hydrogens is 338 g/mol. The molecule has 2 aromatic heterocycles. The average molecular weight is 361 g/mol. The molecule has 134 valence electrons. The van der Waals surface area contributed by atoms with Gasteiger partial charge in [-0.05, 0) is 26.3 Å². The summed E-state index contributed by atoms with van der Waals surface area (Å²) in [6, 6.07) is 2.09. The van der Waals surface area contributed by atoms with Crippen molar-refractivity contribution in [1.82, 2.24) is 30.0 Å². The van der Waals surface area contributed by atoms with E-state index >= 15 is 0 Å². The summed E-state index contributed by atoms with van der Waals surface area (Å²) in [5.41, 5.74) is 2.62. The summed E-state index contributed by atoms with van der Waals surface area (Å²) in [6.07, 6.45) is 3.24. The standard InChI is InChI=1S/C16H23N7OS/c1-11-18-12(8-14(19-11)20-16-21-17-10-25-16)13-6-4-5-7-23(13)9-15(24)22(2)3/h8,10,13H,4-7,9H2,1-3H3,(H,18,19,20,21)/t13-/m1/s1. The number of likely N-dealkylation sites (tertiary alicyclic amines) is 1. The van der Waals surface area contributed by atoms with Crippen LogP contribution in [-0.2, 0) is 4.79 Å². The minimum absolute atomic E-state index is 0.116. The molecule has 0 bridgehead atoms. The number of hydrogen-bond donors (Lipinski definition) is 1. The molecule has 1 atom stereocenters. The largest absolute Gasteiger partial charge is 0.348 e. The molecule has 1 aliphatic rings. The van der Waals surface area contributed by atoms with E-state index in [2.05, 4.69) is 30.4 Å². The Kier molecular flexibility index (Phi) is 5.54. The van der Waals surface area contributed by atoms with Crippen molar-refractivity contribution in [2.45, 2.75) is 32.2 Å². The fourth-order valence-corrected chi connectivity index (χ4v) is 3.44. The Labute approximate surface area is 151 Å². The van der Waals surface area contributed by atoms with Crippen molar-refractivity contribution in [2.75, 3.05) is 32.5 Å². The molecule has 2 aromatic rings. The lowest BCUT2D eigenvalue weighted by Crippen LogP contribution is -2.41. The van der Waals surface area contributed by atoms with E-state index in [4.69, 9.17) is 0 Å². The topological polar surface area (TPSA) is 87.1 Å². The minimum Gasteiger partial charge on any atom is -0.348 e. The number of hydrogen-bond acceptors (Lipinski definition) is 8. The lowest BCUT2D eigenvalue weighted by atomic mass is 9.99. The van der Waals surface area contributed by atoms with Gasteiger partial charge in [0.2, 0.25) is 11.0 Å². The number of nitrogens with zero attached hydrogens (tertiary/aromatic N) is 6. The number of carbonyl (C=O) groups excluding carboxylic acids is 1. The van der Waals surface area contributed by atoms with E-state index in [1.54, 1.807) is 24.5 Å². The first-order valence-corrected chi connectivity index (χ1v) is 9.24. The van der Waals surface area contributed by atoms with Gasteiger partial charge >= 0.3 is 0 Å². The molecule has 3 heterocycles. The van der Waals surface area contributed by atoms with Crippen LogP contribution in [0, 0.1) is 6.92 Å². The zero-order valence-corrected chi connectivity index (χ0v) is 15.6. The molecule has 1 amide bonds. The van der Waals surface area contributed by atoms with Gasteiger partial charge in [-0.15, -0.1) is 10.2 Å². The van der Waals surface area contributed by atoms with E-state index in [-0.39, 0.29) is 11.9 Å². The normalized spacial score (nSPS) is 18.1. The summed E-state index contributed by atoms with van der Waals surface area (Å²) in [5, 5.41) is 11.7. The summed E-state index contributed by atoms with van der Waals surface area (Å²) >= 11 is 1.42. The smallest absolute Gasteiger partial charge is 0.236 e. The maximum absolute atomic E-state index is 12.2. The van der Waals surface area contributed by atoms with Gasteiger partial charge in [0.15, 0.2) is 0 Å². The average Bonchev–Trinajstić information content (AvgIpc) is 3.07. The molecule has 0 radical (unpaired) electrons. The highest BCUT2D eigenvalue weighted by Crippen LogP contribution is 2.31. The Bertz CT molecular complexity index is 719. The van der Waals surface area contributed by atoms with Gasteiger partial charge in [-0.1, -0.05) is 17.8 Å². The number of aryl methyl sites for hydroxylation is 1. The number of likely N-dealkylation sites (N-methyl/N-ethyl adjacent to an activating group) is 1. The van der Waals surface area contributed by atoms with Crippen LogP contribution in [-0.4, -0.2) is 63.1 Å². The fraction of sp³-hybridized carbons (Fsp3) is 0.562. The molecule has 0 aliphatic carbocycles. The second kappa shape index (κ2) is 7.83. The first kappa shape index (κ1) is 17.7. The zero-order chi connectivity index (χ0) is 17.8. The summed E-state index contributed by atoms with van der Waals surface area (Å²) < 4.78 is 0. The first-order chi connectivity index (χ1) is 12.0. The van der Waals surface area contributed by atoms with Gasteiger partial charge in [-0.25, -0.2) is 9.97 Å². The summed E-state index contributed by atoms with van der Waals surface area (Å²) in [7, 11) is 3.58. The van der Waals surface area contributed by atoms with Crippen molar-refractivity contribution < 1.29 is 4.79 Å². The highest BCUT2D eigenvalue weighted by molar-refractivity contribution is 7.13. The molecule has 0 aromatic carbocycles. The van der Waals surface area contributed by atoms with Crippen LogP contribution >= 0.6 is 11.3 Å². The predicted octanol–water partition coefficient (Wildman–Crippen LogP) is 2.00. The number of anilines is 2. The maximum atomic E-state index is 12.2. The number of piperidine rings is 1. The molecule has 1 aliphatic heterocycles. The van der Waals surface area contributed by atoms with E-state index in [0.29, 0.717) is 23.3 Å². The van der Waals surface area contributed by atoms with Crippen LogP contribution in [0.3, 0.4) is 0 Å². The summed E-state index contributed by atoms with van der Waals surface area (Å²) in [5.74, 6) is 1.53. The van der Waals surface area contributed by atoms with Gasteiger partial charge < -0.3 is 10.2 Å². The van der Waals surface area contributed by atoms with E-state index < -0.39 is 0 Å². The van der Waals surface area contributed by atoms with Gasteiger partial charge in [0.05, 0.1) is 18.3 Å². The van der Waals surface area contributed by atoms with Crippen molar-refractivity contribution in [2.24, 2.45) is 0 Å². The quantitative estimate of drug-likeness (QED) is 0.871. The molecule has 25 heavy (non-hydrogen) atoms. The second-order valence-corrected chi connectivity index (χ2v) is 7.20. The van der Waals surface area contributed by atoms with Crippen LogP contribution in [0.4, 0.5) is 10.9 Å². The summed E-state index contributed by atoms with van der Waals surface area (Å²) in [6.45, 7) is 3.21. The van der Waals surface area contributed by atoms with Crippen LogP contribution in [0.2, 0.25) is 0 Å². The molecule has 0 saturated carbocycles. The summed E-state index contributed by atoms with van der Waals surface area (Å²) in [4.78, 5) is 25.1. The van der Waals surface area contributed by atoms with Crippen LogP contribution in [0.1, 0.15) is 36.8 Å². The molecule has 0 unspecified atom stereocenters. The fourth-order valence-electron chi connectivity index (χ4n) is 2.99. The van der Waals surface area contributed by atoms with Crippen molar-refractivity contribution in [1.29, 1.82) is 0 Å². The molecule has 8 nitrogen and oxygen atoms in total.